The van der Waals surface area contributed by atoms with Crippen molar-refractivity contribution in [3.8, 4) is 0 Å². The minimum atomic E-state index is 0.574. The van der Waals surface area contributed by atoms with Crippen molar-refractivity contribution in [3.05, 3.63) is 0 Å². The molecule has 0 aliphatic carbocycles. The maximum atomic E-state index is 6.81. The first kappa shape index (κ1) is 5.10. The molecule has 0 aromatic rings. The maximum absolute atomic E-state index is 6.81. The molecule has 0 aromatic heterocycles. The lowest BCUT2D eigenvalue weighted by atomic mass is 10.2. The Morgan fingerprint density at radius 3 is 2.86 bits per heavy atom. The minimum absolute atomic E-state index is 0.574. The van der Waals surface area contributed by atoms with Gasteiger partial charge in [-0.1, -0.05) is 26.2 Å². The fourth-order valence-electron chi connectivity index (χ4n) is 0.498. The van der Waals surface area contributed by atoms with Gasteiger partial charge in [-0.05, 0) is 13.0 Å². The normalized spacial score (nSPS) is 11.3. The molecule has 0 saturated heterocycles. The molecule has 1 heteroatoms. The van der Waals surface area contributed by atoms with Crippen LogP contribution in [0.15, 0.2) is 0 Å². The van der Waals surface area contributed by atoms with Crippen LogP contribution in [0.3, 0.4) is 0 Å². The van der Waals surface area contributed by atoms with Gasteiger partial charge >= 0.3 is 0 Å². The Balaban J connectivity index is 2.53. The molecule has 0 radical (unpaired) electrons. The summed E-state index contributed by atoms with van der Waals surface area (Å²) in [5.41, 5.74) is 5.26. The Labute approximate surface area is 47.3 Å². The highest BCUT2D eigenvalue weighted by Gasteiger charge is 1.80. The van der Waals surface area contributed by atoms with E-state index >= 15 is 0 Å². The van der Waals surface area contributed by atoms with Crippen molar-refractivity contribution >= 4 is 0 Å². The van der Waals surface area contributed by atoms with Gasteiger partial charge in [-0.3, -0.25) is 0 Å². The van der Waals surface area contributed by atoms with E-state index in [1.54, 1.807) is 0 Å². The molecular weight excluding hydrogens is 86.1 g/mol. The second kappa shape index (κ2) is 5.96. The van der Waals surface area contributed by atoms with E-state index in [9.17, 15) is 0 Å². The summed E-state index contributed by atoms with van der Waals surface area (Å²) in [6.07, 6.45) is 4.55. The number of hydrogen-bond acceptors (Lipinski definition) is 1. The standard InChI is InChI=1S/C6H15N/c1-2-3-4-5-6-7/h2-7H2,1H3/i1D. The van der Waals surface area contributed by atoms with E-state index in [1.807, 2.05) is 0 Å². The van der Waals surface area contributed by atoms with Crippen molar-refractivity contribution in [2.45, 2.75) is 32.6 Å². The summed E-state index contributed by atoms with van der Waals surface area (Å²) in [7, 11) is 0. The summed E-state index contributed by atoms with van der Waals surface area (Å²) < 4.78 is 6.81. The zero-order valence-corrected chi connectivity index (χ0v) is 4.82. The largest absolute Gasteiger partial charge is 0.330 e. The quantitative estimate of drug-likeness (QED) is 0.535. The molecule has 44 valence electrons. The second-order valence-electron chi connectivity index (χ2n) is 1.70. The predicted octanol–water partition coefficient (Wildman–Crippen LogP) is 1.53. The van der Waals surface area contributed by atoms with E-state index < -0.39 is 0 Å². The lowest BCUT2D eigenvalue weighted by Crippen LogP contribution is -1.97. The first-order valence-corrected chi connectivity index (χ1v) is 2.91. The van der Waals surface area contributed by atoms with Gasteiger partial charge in [0.15, 0.2) is 0 Å². The summed E-state index contributed by atoms with van der Waals surface area (Å²) in [4.78, 5) is 0. The average Bonchev–Trinajstić information content (AvgIpc) is 1.81. The first-order valence-electron chi connectivity index (χ1n) is 3.62. The highest BCUT2D eigenvalue weighted by molar-refractivity contribution is 4.38. The fourth-order valence-corrected chi connectivity index (χ4v) is 0.498. The van der Waals surface area contributed by atoms with Crippen LogP contribution in [0.1, 0.15) is 34.0 Å². The van der Waals surface area contributed by atoms with Crippen molar-refractivity contribution in [1.82, 2.24) is 0 Å². The predicted molar refractivity (Wildman–Crippen MR) is 33.2 cm³/mol. The fraction of sp³-hybridized carbons (Fsp3) is 1.00. The van der Waals surface area contributed by atoms with E-state index in [2.05, 4.69) is 0 Å². The Morgan fingerprint density at radius 2 is 2.29 bits per heavy atom. The first-order chi connectivity index (χ1) is 3.91. The molecule has 0 unspecified atom stereocenters. The Morgan fingerprint density at radius 1 is 1.43 bits per heavy atom. The third-order valence-corrected chi connectivity index (χ3v) is 0.954. The van der Waals surface area contributed by atoms with E-state index in [1.165, 1.54) is 12.8 Å². The smallest absolute Gasteiger partial charge is 0.0230 e. The molecule has 0 aliphatic heterocycles. The van der Waals surface area contributed by atoms with Gasteiger partial charge in [0.2, 0.25) is 0 Å². The van der Waals surface area contributed by atoms with Crippen molar-refractivity contribution in [3.63, 3.8) is 0 Å². The summed E-state index contributed by atoms with van der Waals surface area (Å²) in [6.45, 7) is 1.38. The molecule has 0 aromatic carbocycles. The average molecular weight is 102 g/mol. The van der Waals surface area contributed by atoms with Gasteiger partial charge in [0.25, 0.3) is 0 Å². The van der Waals surface area contributed by atoms with Crippen molar-refractivity contribution in [2.75, 3.05) is 6.54 Å². The summed E-state index contributed by atoms with van der Waals surface area (Å²) >= 11 is 0. The number of nitrogens with two attached hydrogens (primary N) is 1. The van der Waals surface area contributed by atoms with Gasteiger partial charge in [-0.15, -0.1) is 0 Å². The second-order valence-corrected chi connectivity index (χ2v) is 1.70. The zero-order valence-electron chi connectivity index (χ0n) is 5.82. The SMILES string of the molecule is [2H]CCCCCCN. The molecule has 1 nitrogen and oxygen atoms in total. The number of unbranched alkanes of at least 4 members (excludes halogenated alkanes) is 3. The Bertz CT molecular complexity index is 33.5. The summed E-state index contributed by atoms with van der Waals surface area (Å²) in [5.74, 6) is 0. The van der Waals surface area contributed by atoms with Gasteiger partial charge in [0.05, 0.1) is 0 Å². The number of rotatable bonds is 4. The maximum Gasteiger partial charge on any atom is 0.0230 e. The molecule has 0 spiro atoms. The molecule has 0 heterocycles. The van der Waals surface area contributed by atoms with E-state index in [-0.39, 0.29) is 0 Å². The summed E-state index contributed by atoms with van der Waals surface area (Å²) in [5, 5.41) is 0. The van der Waals surface area contributed by atoms with Gasteiger partial charge < -0.3 is 5.73 Å². The monoisotopic (exact) mass is 102 g/mol. The lowest BCUT2D eigenvalue weighted by molar-refractivity contribution is 0.674. The van der Waals surface area contributed by atoms with Gasteiger partial charge in [0, 0.05) is 1.37 Å². The van der Waals surface area contributed by atoms with E-state index in [4.69, 9.17) is 7.10 Å². The van der Waals surface area contributed by atoms with Crippen molar-refractivity contribution in [2.24, 2.45) is 5.73 Å². The van der Waals surface area contributed by atoms with Crippen LogP contribution in [0.25, 0.3) is 0 Å². The van der Waals surface area contributed by atoms with E-state index in [0.717, 1.165) is 19.4 Å². The number of hydrogen-bond donors (Lipinski definition) is 1. The van der Waals surface area contributed by atoms with Crippen LogP contribution in [-0.4, -0.2) is 6.54 Å². The van der Waals surface area contributed by atoms with Gasteiger partial charge in [-0.2, -0.15) is 0 Å². The van der Waals surface area contributed by atoms with Crippen LogP contribution >= 0.6 is 0 Å². The Kier molecular flexibility index (Phi) is 4.35. The Hall–Kier alpha value is -0.0400. The highest BCUT2D eigenvalue weighted by Crippen LogP contribution is 1.95. The molecule has 0 atom stereocenters. The molecule has 7 heavy (non-hydrogen) atoms. The molecular formula is C6H15N. The van der Waals surface area contributed by atoms with Crippen molar-refractivity contribution in [1.29, 1.82) is 0 Å². The van der Waals surface area contributed by atoms with Crippen LogP contribution < -0.4 is 5.73 Å². The van der Waals surface area contributed by atoms with Crippen molar-refractivity contribution < 1.29 is 1.37 Å². The van der Waals surface area contributed by atoms with Crippen LogP contribution in [0, 0.1) is 0 Å². The third kappa shape index (κ3) is 5.96. The van der Waals surface area contributed by atoms with Crippen LogP contribution in [-0.2, 0) is 0 Å². The van der Waals surface area contributed by atoms with Gasteiger partial charge in [-0.25, -0.2) is 0 Å². The summed E-state index contributed by atoms with van der Waals surface area (Å²) in [6, 6.07) is 0. The molecule has 0 saturated carbocycles. The topological polar surface area (TPSA) is 26.0 Å². The highest BCUT2D eigenvalue weighted by atomic mass is 14.5. The van der Waals surface area contributed by atoms with Gasteiger partial charge in [0.1, 0.15) is 0 Å². The lowest BCUT2D eigenvalue weighted by Gasteiger charge is -1.90. The molecule has 0 aliphatic rings. The molecule has 0 rings (SSSR count). The van der Waals surface area contributed by atoms with Crippen LogP contribution in [0.5, 0.6) is 0 Å². The van der Waals surface area contributed by atoms with E-state index in [0.29, 0.717) is 6.90 Å². The third-order valence-electron chi connectivity index (χ3n) is 0.954. The minimum Gasteiger partial charge on any atom is -0.330 e. The molecule has 0 bridgehead atoms. The zero-order chi connectivity index (χ0) is 6.24. The molecule has 0 fully saturated rings. The van der Waals surface area contributed by atoms with Crippen LogP contribution in [0.4, 0.5) is 0 Å². The molecule has 0 amide bonds. The van der Waals surface area contributed by atoms with Crippen LogP contribution in [0.2, 0.25) is 0 Å². The molecule has 2 N–H and O–H groups in total.